The molecular formula is C19H23N3O3. The van der Waals surface area contributed by atoms with Gasteiger partial charge in [0, 0.05) is 0 Å². The highest BCUT2D eigenvalue weighted by Crippen LogP contribution is 2.43. The number of nitrogens with zero attached hydrogens (tertiary/aromatic N) is 2. The van der Waals surface area contributed by atoms with Gasteiger partial charge in [0.15, 0.2) is 11.8 Å². The minimum atomic E-state index is -0.531. The zero-order valence-corrected chi connectivity index (χ0v) is 14.6. The van der Waals surface area contributed by atoms with Crippen LogP contribution in [-0.4, -0.2) is 28.2 Å². The number of nitrogens with two attached hydrogens (primary N) is 1. The van der Waals surface area contributed by atoms with Gasteiger partial charge in [-0.15, -0.1) is 0 Å². The maximum Gasteiger partial charge on any atom is 0.297 e. The smallest absolute Gasteiger partial charge is 0.297 e. The Morgan fingerprint density at radius 2 is 2.12 bits per heavy atom. The van der Waals surface area contributed by atoms with Crippen molar-refractivity contribution in [2.45, 2.75) is 51.2 Å². The first-order valence-electron chi connectivity index (χ1n) is 8.73. The number of ether oxygens (including phenoxy) is 2. The molecule has 2 heterocycles. The molecule has 0 saturated heterocycles. The Morgan fingerprint density at radius 3 is 2.68 bits per heavy atom. The second-order valence-electron chi connectivity index (χ2n) is 7.29. The van der Waals surface area contributed by atoms with Crippen molar-refractivity contribution in [3.63, 3.8) is 0 Å². The molecule has 6 heteroatoms. The van der Waals surface area contributed by atoms with Crippen LogP contribution in [0.25, 0.3) is 0 Å². The average Bonchev–Trinajstić information content (AvgIpc) is 3.10. The lowest BCUT2D eigenvalue weighted by molar-refractivity contribution is 0.0992. The minimum absolute atomic E-state index is 0.119. The normalized spacial score (nSPS) is 20.5. The number of hydrogen-bond donors (Lipinski definition) is 1. The third-order valence-electron chi connectivity index (χ3n) is 5.52. The molecule has 25 heavy (non-hydrogen) atoms. The van der Waals surface area contributed by atoms with Crippen LogP contribution in [-0.2, 0) is 12.0 Å². The van der Waals surface area contributed by atoms with Gasteiger partial charge < -0.3 is 15.2 Å². The summed E-state index contributed by atoms with van der Waals surface area (Å²) in [5, 5.41) is 0. The van der Waals surface area contributed by atoms with Gasteiger partial charge in [0.1, 0.15) is 12.4 Å². The van der Waals surface area contributed by atoms with Crippen LogP contribution >= 0.6 is 0 Å². The molecule has 1 amide bonds. The molecule has 1 fully saturated rings. The number of hydrogen-bond acceptors (Lipinski definition) is 4. The fraction of sp³-hybridized carbons (Fsp3) is 0.474. The molecule has 132 valence electrons. The molecule has 0 unspecified atom stereocenters. The number of aromatic nitrogens is 2. The second-order valence-corrected chi connectivity index (χ2v) is 7.29. The van der Waals surface area contributed by atoms with E-state index in [2.05, 4.69) is 24.0 Å². The van der Waals surface area contributed by atoms with Crippen LogP contribution < -0.4 is 15.2 Å². The Bertz CT molecular complexity index is 806. The van der Waals surface area contributed by atoms with Crippen molar-refractivity contribution in [1.29, 1.82) is 0 Å². The molecule has 2 aromatic rings. The highest BCUT2D eigenvalue weighted by atomic mass is 16.6. The van der Waals surface area contributed by atoms with Gasteiger partial charge >= 0.3 is 0 Å². The van der Waals surface area contributed by atoms with Gasteiger partial charge in [-0.2, -0.15) is 4.98 Å². The zero-order valence-electron chi connectivity index (χ0n) is 14.6. The summed E-state index contributed by atoms with van der Waals surface area (Å²) in [4.78, 5) is 15.5. The van der Waals surface area contributed by atoms with E-state index in [0.29, 0.717) is 24.6 Å². The van der Waals surface area contributed by atoms with Crippen molar-refractivity contribution in [2.24, 2.45) is 5.73 Å². The quantitative estimate of drug-likeness (QED) is 0.906. The number of carbonyl (C=O) groups is 1. The number of rotatable bonds is 5. The van der Waals surface area contributed by atoms with Gasteiger partial charge in [-0.25, -0.2) is 0 Å². The van der Waals surface area contributed by atoms with E-state index in [1.54, 1.807) is 0 Å². The van der Waals surface area contributed by atoms with E-state index < -0.39 is 5.91 Å². The van der Waals surface area contributed by atoms with Crippen LogP contribution in [0.2, 0.25) is 0 Å². The maximum atomic E-state index is 11.3. The van der Waals surface area contributed by atoms with E-state index in [-0.39, 0.29) is 11.8 Å². The number of amides is 1. The van der Waals surface area contributed by atoms with Gasteiger partial charge in [-0.05, 0) is 42.9 Å². The Hall–Kier alpha value is -2.50. The van der Waals surface area contributed by atoms with E-state index in [9.17, 15) is 4.79 Å². The van der Waals surface area contributed by atoms with Crippen molar-refractivity contribution in [3.8, 4) is 11.8 Å². The molecule has 1 saturated carbocycles. The fourth-order valence-electron chi connectivity index (χ4n) is 3.66. The molecule has 0 radical (unpaired) electrons. The molecule has 1 aromatic carbocycles. The predicted molar refractivity (Wildman–Crippen MR) is 93.0 cm³/mol. The highest BCUT2D eigenvalue weighted by Gasteiger charge is 2.33. The van der Waals surface area contributed by atoms with Gasteiger partial charge in [-0.1, -0.05) is 25.5 Å². The largest absolute Gasteiger partial charge is 0.490 e. The molecule has 4 rings (SSSR count). The molecule has 0 spiro atoms. The Kier molecular flexibility index (Phi) is 3.71. The summed E-state index contributed by atoms with van der Waals surface area (Å²) in [7, 11) is 0. The van der Waals surface area contributed by atoms with Crippen molar-refractivity contribution >= 4 is 5.91 Å². The molecule has 0 bridgehead atoms. The summed E-state index contributed by atoms with van der Waals surface area (Å²) in [5.74, 6) is 0.311. The molecule has 1 aromatic heterocycles. The van der Waals surface area contributed by atoms with Gasteiger partial charge in [0.2, 0.25) is 0 Å². The Labute approximate surface area is 146 Å². The molecule has 2 N–H and O–H groups in total. The molecular weight excluding hydrogens is 318 g/mol. The molecule has 1 aliphatic carbocycles. The van der Waals surface area contributed by atoms with Gasteiger partial charge in [0.25, 0.3) is 11.9 Å². The zero-order chi connectivity index (χ0) is 17.6. The SMILES string of the molecule is Cc1c(C(N)=O)nc2n1C[C@@H](COc1ccc(C3(C)CCC3)cc1)O2. The first kappa shape index (κ1) is 16.0. The minimum Gasteiger partial charge on any atom is -0.490 e. The van der Waals surface area contributed by atoms with Crippen molar-refractivity contribution in [2.75, 3.05) is 6.61 Å². The first-order chi connectivity index (χ1) is 12.0. The molecule has 1 aliphatic heterocycles. The third kappa shape index (κ3) is 2.75. The van der Waals surface area contributed by atoms with Crippen LogP contribution in [0.5, 0.6) is 11.8 Å². The summed E-state index contributed by atoms with van der Waals surface area (Å²) in [5.41, 5.74) is 8.05. The number of fused-ring (bicyclic) bond motifs is 1. The standard InChI is InChI=1S/C19H23N3O3/c1-12-16(17(20)23)21-18-22(12)10-15(25-18)11-24-14-6-4-13(5-7-14)19(2)8-3-9-19/h4-7,15H,3,8-11H2,1-2H3,(H2,20,23)/t15-/m0/s1. The molecule has 1 atom stereocenters. The lowest BCUT2D eigenvalue weighted by Crippen LogP contribution is -2.30. The van der Waals surface area contributed by atoms with Crippen LogP contribution in [0.4, 0.5) is 0 Å². The van der Waals surface area contributed by atoms with Crippen LogP contribution in [0.1, 0.15) is 47.9 Å². The predicted octanol–water partition coefficient (Wildman–Crippen LogP) is 2.57. The van der Waals surface area contributed by atoms with Crippen molar-refractivity contribution < 1.29 is 14.3 Å². The third-order valence-corrected chi connectivity index (χ3v) is 5.52. The van der Waals surface area contributed by atoms with Crippen LogP contribution in [0, 0.1) is 6.92 Å². The summed E-state index contributed by atoms with van der Waals surface area (Å²) < 4.78 is 13.5. The molecule has 2 aliphatic rings. The fourth-order valence-corrected chi connectivity index (χ4v) is 3.66. The lowest BCUT2D eigenvalue weighted by atomic mass is 9.66. The average molecular weight is 341 g/mol. The summed E-state index contributed by atoms with van der Waals surface area (Å²) >= 11 is 0. The summed E-state index contributed by atoms with van der Waals surface area (Å²) in [6, 6.07) is 8.83. The topological polar surface area (TPSA) is 79.4 Å². The Balaban J connectivity index is 1.35. The van der Waals surface area contributed by atoms with E-state index in [4.69, 9.17) is 15.2 Å². The van der Waals surface area contributed by atoms with Crippen molar-refractivity contribution in [1.82, 2.24) is 9.55 Å². The maximum absolute atomic E-state index is 11.3. The molecule has 6 nitrogen and oxygen atoms in total. The van der Waals surface area contributed by atoms with Crippen LogP contribution in [0.3, 0.4) is 0 Å². The summed E-state index contributed by atoms with van der Waals surface area (Å²) in [6.45, 7) is 5.19. The lowest BCUT2D eigenvalue weighted by Gasteiger charge is -2.39. The van der Waals surface area contributed by atoms with E-state index >= 15 is 0 Å². The van der Waals surface area contributed by atoms with Crippen LogP contribution in [0.15, 0.2) is 24.3 Å². The van der Waals surface area contributed by atoms with Gasteiger partial charge in [-0.3, -0.25) is 9.36 Å². The first-order valence-corrected chi connectivity index (χ1v) is 8.73. The van der Waals surface area contributed by atoms with Crippen molar-refractivity contribution in [3.05, 3.63) is 41.2 Å². The number of primary amides is 1. The van der Waals surface area contributed by atoms with E-state index in [1.165, 1.54) is 24.8 Å². The summed E-state index contributed by atoms with van der Waals surface area (Å²) in [6.07, 6.45) is 3.73. The number of carbonyl (C=O) groups excluding carboxylic acids is 1. The Morgan fingerprint density at radius 1 is 1.40 bits per heavy atom. The van der Waals surface area contributed by atoms with Gasteiger partial charge in [0.05, 0.1) is 12.2 Å². The highest BCUT2D eigenvalue weighted by molar-refractivity contribution is 5.92. The van der Waals surface area contributed by atoms with E-state index in [0.717, 1.165) is 11.4 Å². The number of imidazole rings is 1. The van der Waals surface area contributed by atoms with E-state index in [1.807, 2.05) is 23.6 Å². The second kappa shape index (κ2) is 5.79. The monoisotopic (exact) mass is 341 g/mol. The number of benzene rings is 1.